The van der Waals surface area contributed by atoms with Crippen molar-refractivity contribution in [3.63, 3.8) is 0 Å². The second-order valence-electron chi connectivity index (χ2n) is 3.66. The normalized spacial score (nSPS) is 15.7. The molecule has 0 atom stereocenters. The minimum atomic E-state index is -3.88. The smallest absolute Gasteiger partial charge is 0.404 e. The largest absolute Gasteiger partial charge is 0.465 e. The third kappa shape index (κ3) is 3.96. The number of carbonyl (C=O) groups is 3. The average Bonchev–Trinajstić information content (AvgIpc) is 2.67. The topological polar surface area (TPSA) is 124 Å². The fourth-order valence-electron chi connectivity index (χ4n) is 1.50. The molecule has 0 unspecified atom stereocenters. The van der Waals surface area contributed by atoms with Crippen molar-refractivity contribution in [2.45, 2.75) is 6.42 Å². The predicted molar refractivity (Wildman–Crippen MR) is 64.5 cm³/mol. The molecule has 0 bridgehead atoms. The van der Waals surface area contributed by atoms with Crippen molar-refractivity contribution >= 4 is 39.1 Å². The van der Waals surface area contributed by atoms with E-state index in [1.807, 2.05) is 5.32 Å². The molecule has 9 nitrogen and oxygen atoms in total. The maximum absolute atomic E-state index is 11.8. The Morgan fingerprint density at radius 2 is 2.00 bits per heavy atom. The number of urea groups is 1. The highest BCUT2D eigenvalue weighted by molar-refractivity contribution is 7.89. The number of carboxylic acid groups (broad SMARTS) is 1. The molecule has 1 rings (SSSR count). The lowest BCUT2D eigenvalue weighted by atomic mass is 10.5. The van der Waals surface area contributed by atoms with Crippen molar-refractivity contribution in [3.8, 4) is 0 Å². The second-order valence-corrected chi connectivity index (χ2v) is 6.00. The summed E-state index contributed by atoms with van der Waals surface area (Å²) in [6, 6.07) is -0.980. The standard InChI is InChI=1S/C8H12ClN3O6S/c9-6(13)11-3-4-12(8(11)16)19(17,18)5-1-2-10-7(14)15/h10H,1-5H2,(H,14,15). The van der Waals surface area contributed by atoms with E-state index in [2.05, 4.69) is 0 Å². The van der Waals surface area contributed by atoms with Crippen LogP contribution in [0.2, 0.25) is 0 Å². The van der Waals surface area contributed by atoms with Gasteiger partial charge in [0.25, 0.3) is 0 Å². The molecule has 2 N–H and O–H groups in total. The highest BCUT2D eigenvalue weighted by Crippen LogP contribution is 2.16. The first kappa shape index (κ1) is 15.5. The minimum absolute atomic E-state index is 0.0211. The summed E-state index contributed by atoms with van der Waals surface area (Å²) in [5.74, 6) is -0.399. The number of halogens is 1. The van der Waals surface area contributed by atoms with Gasteiger partial charge in [-0.1, -0.05) is 0 Å². The van der Waals surface area contributed by atoms with Gasteiger partial charge in [-0.3, -0.25) is 4.79 Å². The van der Waals surface area contributed by atoms with E-state index in [1.54, 1.807) is 0 Å². The molecule has 0 aromatic carbocycles. The van der Waals surface area contributed by atoms with Crippen LogP contribution >= 0.6 is 11.6 Å². The van der Waals surface area contributed by atoms with Gasteiger partial charge in [0, 0.05) is 6.54 Å². The Labute approximate surface area is 114 Å². The van der Waals surface area contributed by atoms with Gasteiger partial charge in [-0.05, 0) is 18.0 Å². The van der Waals surface area contributed by atoms with E-state index >= 15 is 0 Å². The molecule has 11 heteroatoms. The zero-order chi connectivity index (χ0) is 14.6. The van der Waals surface area contributed by atoms with Crippen LogP contribution in [0.5, 0.6) is 0 Å². The summed E-state index contributed by atoms with van der Waals surface area (Å²) in [6.45, 7) is -0.283. The molecular formula is C8H12ClN3O6S. The van der Waals surface area contributed by atoms with Crippen molar-refractivity contribution in [1.82, 2.24) is 14.5 Å². The summed E-state index contributed by atoms with van der Waals surface area (Å²) in [7, 11) is -3.88. The van der Waals surface area contributed by atoms with Crippen LogP contribution in [0.15, 0.2) is 0 Å². The summed E-state index contributed by atoms with van der Waals surface area (Å²) < 4.78 is 24.2. The van der Waals surface area contributed by atoms with Crippen LogP contribution in [-0.2, 0) is 10.0 Å². The molecule has 108 valence electrons. The highest BCUT2D eigenvalue weighted by atomic mass is 35.5. The van der Waals surface area contributed by atoms with Gasteiger partial charge < -0.3 is 10.4 Å². The molecule has 1 saturated heterocycles. The van der Waals surface area contributed by atoms with E-state index < -0.39 is 33.3 Å². The number of nitrogens with one attached hydrogen (secondary N) is 1. The van der Waals surface area contributed by atoms with E-state index in [0.717, 1.165) is 0 Å². The van der Waals surface area contributed by atoms with Gasteiger partial charge in [-0.2, -0.15) is 0 Å². The Kier molecular flexibility index (Phi) is 4.95. The fourth-order valence-corrected chi connectivity index (χ4v) is 3.08. The molecule has 0 aromatic heterocycles. The first-order chi connectivity index (χ1) is 8.75. The maximum atomic E-state index is 11.8. The predicted octanol–water partition coefficient (Wildman–Crippen LogP) is 0.0703. The number of sulfonamides is 1. The summed E-state index contributed by atoms with van der Waals surface area (Å²) in [5, 5.41) is 9.29. The minimum Gasteiger partial charge on any atom is -0.465 e. The van der Waals surface area contributed by atoms with Crippen LogP contribution < -0.4 is 5.32 Å². The van der Waals surface area contributed by atoms with Crippen molar-refractivity contribution < 1.29 is 27.9 Å². The zero-order valence-corrected chi connectivity index (χ0v) is 11.3. The van der Waals surface area contributed by atoms with Crippen LogP contribution in [-0.4, -0.2) is 65.6 Å². The Balaban J connectivity index is 2.57. The van der Waals surface area contributed by atoms with Crippen molar-refractivity contribution in [3.05, 3.63) is 0 Å². The van der Waals surface area contributed by atoms with E-state index in [0.29, 0.717) is 9.21 Å². The Morgan fingerprint density at radius 3 is 2.47 bits per heavy atom. The van der Waals surface area contributed by atoms with Gasteiger partial charge in [-0.15, -0.1) is 0 Å². The van der Waals surface area contributed by atoms with Gasteiger partial charge in [0.1, 0.15) is 0 Å². The molecular weight excluding hydrogens is 302 g/mol. The average molecular weight is 314 g/mol. The number of carbonyl (C=O) groups excluding carboxylic acids is 2. The van der Waals surface area contributed by atoms with Gasteiger partial charge in [0.15, 0.2) is 0 Å². The molecule has 0 aromatic rings. The number of imide groups is 1. The van der Waals surface area contributed by atoms with E-state index in [9.17, 15) is 22.8 Å². The van der Waals surface area contributed by atoms with Crippen LogP contribution in [0.25, 0.3) is 0 Å². The molecule has 1 aliphatic heterocycles. The Bertz CT molecular complexity index is 493. The molecule has 0 radical (unpaired) electrons. The van der Waals surface area contributed by atoms with Crippen molar-refractivity contribution in [1.29, 1.82) is 0 Å². The van der Waals surface area contributed by atoms with Crippen LogP contribution in [0, 0.1) is 0 Å². The lowest BCUT2D eigenvalue weighted by Gasteiger charge is -2.16. The molecule has 0 spiro atoms. The molecule has 1 heterocycles. The van der Waals surface area contributed by atoms with E-state index in [-0.39, 0.29) is 26.1 Å². The van der Waals surface area contributed by atoms with Crippen LogP contribution in [0.3, 0.4) is 0 Å². The Morgan fingerprint density at radius 1 is 1.37 bits per heavy atom. The molecule has 4 amide bonds. The number of hydrogen-bond donors (Lipinski definition) is 2. The lowest BCUT2D eigenvalue weighted by molar-refractivity contribution is 0.194. The monoisotopic (exact) mass is 313 g/mol. The molecule has 0 aliphatic carbocycles. The fraction of sp³-hybridized carbons (Fsp3) is 0.625. The van der Waals surface area contributed by atoms with Crippen molar-refractivity contribution in [2.75, 3.05) is 25.4 Å². The number of amides is 4. The summed E-state index contributed by atoms with van der Waals surface area (Å²) in [5.41, 5.74) is 0. The molecule has 19 heavy (non-hydrogen) atoms. The summed E-state index contributed by atoms with van der Waals surface area (Å²) in [4.78, 5) is 33.2. The van der Waals surface area contributed by atoms with Gasteiger partial charge in [0.2, 0.25) is 10.0 Å². The lowest BCUT2D eigenvalue weighted by Crippen LogP contribution is -2.39. The zero-order valence-electron chi connectivity index (χ0n) is 9.70. The third-order valence-corrected chi connectivity index (χ3v) is 4.39. The Hall–Kier alpha value is -1.55. The first-order valence-corrected chi connectivity index (χ1v) is 7.22. The SMILES string of the molecule is O=C(O)NCCCS(=O)(=O)N1CCN(C(=O)Cl)C1=O. The number of hydrogen-bond acceptors (Lipinski definition) is 5. The quantitative estimate of drug-likeness (QED) is 0.420. The maximum Gasteiger partial charge on any atom is 0.404 e. The van der Waals surface area contributed by atoms with Crippen LogP contribution in [0.1, 0.15) is 6.42 Å². The van der Waals surface area contributed by atoms with E-state index in [4.69, 9.17) is 16.7 Å². The first-order valence-electron chi connectivity index (χ1n) is 5.24. The number of nitrogens with zero attached hydrogens (tertiary/aromatic N) is 2. The van der Waals surface area contributed by atoms with Gasteiger partial charge in [-0.25, -0.2) is 27.2 Å². The summed E-state index contributed by atoms with van der Waals surface area (Å²) >= 11 is 5.13. The highest BCUT2D eigenvalue weighted by Gasteiger charge is 2.39. The molecule has 0 saturated carbocycles. The second kappa shape index (κ2) is 6.06. The molecule has 1 fully saturated rings. The van der Waals surface area contributed by atoms with Gasteiger partial charge in [0.05, 0.1) is 18.8 Å². The molecule has 1 aliphatic rings. The van der Waals surface area contributed by atoms with E-state index in [1.165, 1.54) is 0 Å². The number of rotatable bonds is 5. The van der Waals surface area contributed by atoms with Gasteiger partial charge >= 0.3 is 17.5 Å². The third-order valence-electron chi connectivity index (χ3n) is 2.37. The summed E-state index contributed by atoms with van der Waals surface area (Å²) in [6.07, 6.45) is -1.23. The van der Waals surface area contributed by atoms with Crippen LogP contribution in [0.4, 0.5) is 14.4 Å². The van der Waals surface area contributed by atoms with Crippen molar-refractivity contribution in [2.24, 2.45) is 0 Å².